The lowest BCUT2D eigenvalue weighted by atomic mass is 9.65. The average Bonchev–Trinajstić information content (AvgIpc) is 3.56. The largest absolute Gasteiger partial charge is 0.457 e. The zero-order valence-electron chi connectivity index (χ0n) is 30.0. The molecule has 56 heavy (non-hydrogen) atoms. The maximum atomic E-state index is 9.44. The first-order valence-electron chi connectivity index (χ1n) is 18.7. The molecular formula is C51H30N4O. The molecule has 9 aromatic rings. The van der Waals surface area contributed by atoms with Gasteiger partial charge in [-0.05, 0) is 74.5 Å². The van der Waals surface area contributed by atoms with Gasteiger partial charge in [0.15, 0.2) is 17.5 Å². The quantitative estimate of drug-likeness (QED) is 0.181. The first-order valence-corrected chi connectivity index (χ1v) is 18.7. The van der Waals surface area contributed by atoms with Crippen LogP contribution < -0.4 is 4.74 Å². The minimum atomic E-state index is -0.591. The molecule has 2 aliphatic rings. The summed E-state index contributed by atoms with van der Waals surface area (Å²) in [6, 6.07) is 65.0. The molecule has 8 aromatic carbocycles. The van der Waals surface area contributed by atoms with Crippen molar-refractivity contribution in [2.24, 2.45) is 0 Å². The van der Waals surface area contributed by atoms with E-state index >= 15 is 0 Å². The number of nitriles is 1. The Kier molecular flexibility index (Phi) is 7.07. The van der Waals surface area contributed by atoms with Crippen LogP contribution in [0.1, 0.15) is 27.8 Å². The third kappa shape index (κ3) is 4.83. The van der Waals surface area contributed by atoms with Crippen molar-refractivity contribution in [1.29, 1.82) is 5.26 Å². The predicted octanol–water partition coefficient (Wildman–Crippen LogP) is 12.0. The van der Waals surface area contributed by atoms with Crippen molar-refractivity contribution in [2.45, 2.75) is 5.41 Å². The Labute approximate surface area is 323 Å². The Morgan fingerprint density at radius 1 is 0.393 bits per heavy atom. The van der Waals surface area contributed by atoms with Crippen molar-refractivity contribution in [3.63, 3.8) is 0 Å². The van der Waals surface area contributed by atoms with Crippen molar-refractivity contribution in [1.82, 2.24) is 15.0 Å². The highest BCUT2D eigenvalue weighted by Crippen LogP contribution is 2.62. The molecule has 0 atom stereocenters. The van der Waals surface area contributed by atoms with Gasteiger partial charge >= 0.3 is 0 Å². The van der Waals surface area contributed by atoms with Crippen LogP contribution in [0, 0.1) is 11.3 Å². The number of benzene rings is 8. The number of hydrogen-bond acceptors (Lipinski definition) is 5. The van der Waals surface area contributed by atoms with Crippen molar-refractivity contribution in [3.8, 4) is 74.0 Å². The SMILES string of the molecule is N#Cc1cccc(-c2ccc(-c3nc(-c4ccccc4)nc(-c4ccc5c(c4)Oc4cc6ccccc6cc4C54c5ccccc5-c5ccccc54)n3)cc2)c1. The standard InChI is InChI=1S/C51H30N4O/c52-31-32-11-10-16-36(27-32)33-21-23-35(24-22-33)49-53-48(34-12-2-1-3-13-34)54-50(55-49)39-25-26-44-46(30-39)56-47-29-38-15-5-4-14-37(38)28-45(47)51(44)42-19-8-6-17-40(42)41-18-7-9-20-43(41)51/h1-30H. The van der Waals surface area contributed by atoms with Gasteiger partial charge in [0, 0.05) is 27.8 Å². The van der Waals surface area contributed by atoms with Gasteiger partial charge in [0.2, 0.25) is 0 Å². The second kappa shape index (κ2) is 12.4. The number of ether oxygens (including phenoxy) is 1. The molecule has 2 heterocycles. The minimum Gasteiger partial charge on any atom is -0.457 e. The number of aromatic nitrogens is 3. The maximum absolute atomic E-state index is 9.44. The van der Waals surface area contributed by atoms with E-state index in [1.54, 1.807) is 0 Å². The second-order valence-electron chi connectivity index (χ2n) is 14.3. The molecule has 1 aliphatic carbocycles. The van der Waals surface area contributed by atoms with E-state index in [2.05, 4.69) is 109 Å². The molecule has 0 amide bonds. The Morgan fingerprint density at radius 2 is 0.929 bits per heavy atom. The summed E-state index contributed by atoms with van der Waals surface area (Å²) in [5.74, 6) is 3.31. The fourth-order valence-corrected chi connectivity index (χ4v) is 8.66. The lowest BCUT2D eigenvalue weighted by Crippen LogP contribution is -2.32. The first kappa shape index (κ1) is 31.8. The van der Waals surface area contributed by atoms with E-state index in [4.69, 9.17) is 19.7 Å². The van der Waals surface area contributed by atoms with Gasteiger partial charge in [-0.15, -0.1) is 0 Å². The number of nitrogens with zero attached hydrogens (tertiary/aromatic N) is 4. The van der Waals surface area contributed by atoms with E-state index in [9.17, 15) is 5.26 Å². The molecule has 1 aromatic heterocycles. The zero-order chi connectivity index (χ0) is 37.2. The summed E-state index contributed by atoms with van der Waals surface area (Å²) in [5.41, 5.74) is 11.8. The normalized spacial score (nSPS) is 12.9. The Morgan fingerprint density at radius 3 is 1.62 bits per heavy atom. The molecule has 0 unspecified atom stereocenters. The average molecular weight is 715 g/mol. The highest BCUT2D eigenvalue weighted by atomic mass is 16.5. The van der Waals surface area contributed by atoms with Gasteiger partial charge < -0.3 is 4.74 Å². The van der Waals surface area contributed by atoms with Crippen molar-refractivity contribution >= 4 is 10.8 Å². The predicted molar refractivity (Wildman–Crippen MR) is 221 cm³/mol. The van der Waals surface area contributed by atoms with E-state index in [0.717, 1.165) is 55.8 Å². The van der Waals surface area contributed by atoms with Gasteiger partial charge in [-0.3, -0.25) is 0 Å². The topological polar surface area (TPSA) is 71.7 Å². The van der Waals surface area contributed by atoms with E-state index in [0.29, 0.717) is 23.0 Å². The molecule has 0 N–H and O–H groups in total. The summed E-state index contributed by atoms with van der Waals surface area (Å²) in [6.07, 6.45) is 0. The summed E-state index contributed by atoms with van der Waals surface area (Å²) in [5, 5.41) is 11.7. The summed E-state index contributed by atoms with van der Waals surface area (Å²) in [6.45, 7) is 0. The molecule has 260 valence electrons. The Balaban J connectivity index is 1.10. The van der Waals surface area contributed by atoms with E-state index in [-0.39, 0.29) is 0 Å². The number of hydrogen-bond donors (Lipinski definition) is 0. The smallest absolute Gasteiger partial charge is 0.164 e. The van der Waals surface area contributed by atoms with E-state index in [1.165, 1.54) is 27.6 Å². The molecule has 0 bridgehead atoms. The molecule has 0 saturated heterocycles. The van der Waals surface area contributed by atoms with Crippen LogP contribution >= 0.6 is 0 Å². The molecule has 5 heteroatoms. The monoisotopic (exact) mass is 714 g/mol. The Bertz CT molecular complexity index is 3030. The van der Waals surface area contributed by atoms with Crippen LogP contribution in [-0.2, 0) is 5.41 Å². The van der Waals surface area contributed by atoms with Crippen molar-refractivity contribution < 1.29 is 4.74 Å². The van der Waals surface area contributed by atoms with Gasteiger partial charge in [-0.1, -0.05) is 152 Å². The molecule has 11 rings (SSSR count). The molecule has 0 radical (unpaired) electrons. The van der Waals surface area contributed by atoms with Crippen molar-refractivity contribution in [3.05, 3.63) is 210 Å². The van der Waals surface area contributed by atoms with Crippen molar-refractivity contribution in [2.75, 3.05) is 0 Å². The summed E-state index contributed by atoms with van der Waals surface area (Å²) in [4.78, 5) is 15.2. The fourth-order valence-electron chi connectivity index (χ4n) is 8.66. The lowest BCUT2D eigenvalue weighted by Gasteiger charge is -2.39. The van der Waals surface area contributed by atoms with Crippen LogP contribution in [0.4, 0.5) is 0 Å². The third-order valence-electron chi connectivity index (χ3n) is 11.2. The maximum Gasteiger partial charge on any atom is 0.164 e. The van der Waals surface area contributed by atoms with Gasteiger partial charge in [0.05, 0.1) is 17.0 Å². The summed E-state index contributed by atoms with van der Waals surface area (Å²) >= 11 is 0. The van der Waals surface area contributed by atoms with Crippen LogP contribution in [0.25, 0.3) is 67.2 Å². The van der Waals surface area contributed by atoms with E-state index in [1.807, 2.05) is 78.9 Å². The lowest BCUT2D eigenvalue weighted by molar-refractivity contribution is 0.437. The van der Waals surface area contributed by atoms with Crippen LogP contribution in [0.3, 0.4) is 0 Å². The van der Waals surface area contributed by atoms with Gasteiger partial charge in [-0.25, -0.2) is 15.0 Å². The third-order valence-corrected chi connectivity index (χ3v) is 11.2. The van der Waals surface area contributed by atoms with Crippen LogP contribution in [0.15, 0.2) is 182 Å². The summed E-state index contributed by atoms with van der Waals surface area (Å²) in [7, 11) is 0. The molecule has 1 spiro atoms. The zero-order valence-corrected chi connectivity index (χ0v) is 30.0. The van der Waals surface area contributed by atoms with Crippen LogP contribution in [0.5, 0.6) is 11.5 Å². The highest BCUT2D eigenvalue weighted by molar-refractivity contribution is 5.93. The minimum absolute atomic E-state index is 0.552. The summed E-state index contributed by atoms with van der Waals surface area (Å²) < 4.78 is 6.97. The number of fused-ring (bicyclic) bond motifs is 10. The Hall–Kier alpha value is -7.68. The number of rotatable bonds is 4. The second-order valence-corrected chi connectivity index (χ2v) is 14.3. The van der Waals surface area contributed by atoms with Gasteiger partial charge in [0.1, 0.15) is 11.5 Å². The highest BCUT2D eigenvalue weighted by Gasteiger charge is 2.51. The molecule has 0 fully saturated rings. The molecular weight excluding hydrogens is 685 g/mol. The van der Waals surface area contributed by atoms with Gasteiger partial charge in [0.25, 0.3) is 0 Å². The first-order chi connectivity index (χ1) is 27.7. The van der Waals surface area contributed by atoms with Gasteiger partial charge in [-0.2, -0.15) is 5.26 Å². The van der Waals surface area contributed by atoms with Crippen LogP contribution in [-0.4, -0.2) is 15.0 Å². The molecule has 0 saturated carbocycles. The molecule has 5 nitrogen and oxygen atoms in total. The van der Waals surface area contributed by atoms with E-state index < -0.39 is 5.41 Å². The fraction of sp³-hybridized carbons (Fsp3) is 0.0196. The molecule has 1 aliphatic heterocycles. The van der Waals surface area contributed by atoms with Crippen LogP contribution in [0.2, 0.25) is 0 Å².